The number of hydrogen-bond acceptors (Lipinski definition) is 6. The Morgan fingerprint density at radius 2 is 1.70 bits per heavy atom. The number of rotatable bonds is 14. The Bertz CT molecular complexity index is 1780. The maximum Gasteiger partial charge on any atom is 0.303 e. The number of carbonyl (C=O) groups excluding carboxylic acids is 2. The molecule has 3 aromatic rings. The topological polar surface area (TPSA) is 108 Å². The summed E-state index contributed by atoms with van der Waals surface area (Å²) in [5, 5.41) is 13.2. The average Bonchev–Trinajstić information content (AvgIpc) is 3.93. The van der Waals surface area contributed by atoms with Crippen LogP contribution in [-0.4, -0.2) is 77.1 Å². The molecule has 2 bridgehead atoms. The van der Waals surface area contributed by atoms with Gasteiger partial charge in [-0.25, -0.2) is 4.39 Å². The van der Waals surface area contributed by atoms with Gasteiger partial charge in [-0.1, -0.05) is 41.9 Å². The zero-order valence-electron chi connectivity index (χ0n) is 28.4. The standard InChI is InChI=1S/C39H43ClFN3O6/c1-24-18-32(40)35(19-25(24)2)50-17-16-49-30-14-10-26(11-15-30)31-20-28-22-43(36(45)8-5-9-37(46)47)23-34(42-28)38(31)39(48)44(29-12-13-29)21-27-6-3-4-7-33(27)41/h3-4,6-7,10-11,14-15,18-19,28-29,34,42H,5,8-9,12-13,16-17,20-23H2,1-2H3,(H,46,47)/t28-,34-/m1/s1. The molecular weight excluding hydrogens is 661 g/mol. The second kappa shape index (κ2) is 15.6. The number of aryl methyl sites for hydroxylation is 2. The molecule has 3 aromatic carbocycles. The molecule has 1 saturated heterocycles. The van der Waals surface area contributed by atoms with Crippen LogP contribution in [0.2, 0.25) is 5.02 Å². The van der Waals surface area contributed by atoms with E-state index < -0.39 is 12.0 Å². The summed E-state index contributed by atoms with van der Waals surface area (Å²) in [6.45, 7) is 5.54. The predicted octanol–water partition coefficient (Wildman–Crippen LogP) is 6.33. The summed E-state index contributed by atoms with van der Waals surface area (Å²) in [4.78, 5) is 42.3. The monoisotopic (exact) mass is 703 g/mol. The van der Waals surface area contributed by atoms with Crippen LogP contribution in [0.3, 0.4) is 0 Å². The number of halogens is 2. The molecule has 11 heteroatoms. The second-order valence-corrected chi connectivity index (χ2v) is 13.8. The zero-order valence-corrected chi connectivity index (χ0v) is 29.2. The van der Waals surface area contributed by atoms with Crippen molar-refractivity contribution in [1.82, 2.24) is 15.1 Å². The van der Waals surface area contributed by atoms with Gasteiger partial charge in [0.25, 0.3) is 5.91 Å². The van der Waals surface area contributed by atoms with Gasteiger partial charge in [0, 0.05) is 55.7 Å². The smallest absolute Gasteiger partial charge is 0.303 e. The molecule has 0 radical (unpaired) electrons. The highest BCUT2D eigenvalue weighted by Gasteiger charge is 2.43. The fourth-order valence-electron chi connectivity index (χ4n) is 6.77. The van der Waals surface area contributed by atoms with E-state index in [0.29, 0.717) is 53.8 Å². The number of amides is 2. The lowest BCUT2D eigenvalue weighted by Gasteiger charge is -2.45. The van der Waals surface area contributed by atoms with Crippen LogP contribution in [0.15, 0.2) is 66.2 Å². The molecule has 2 amide bonds. The van der Waals surface area contributed by atoms with E-state index >= 15 is 0 Å². The normalized spacial score (nSPS) is 18.5. The third-order valence-electron chi connectivity index (χ3n) is 9.68. The van der Waals surface area contributed by atoms with Crippen molar-refractivity contribution in [3.63, 3.8) is 0 Å². The van der Waals surface area contributed by atoms with Crippen molar-refractivity contribution in [1.29, 1.82) is 0 Å². The maximum atomic E-state index is 14.8. The van der Waals surface area contributed by atoms with Crippen LogP contribution in [0.4, 0.5) is 4.39 Å². The van der Waals surface area contributed by atoms with Crippen molar-refractivity contribution in [2.45, 2.75) is 77.0 Å². The molecule has 6 rings (SSSR count). The van der Waals surface area contributed by atoms with E-state index in [1.54, 1.807) is 28.0 Å². The van der Waals surface area contributed by atoms with E-state index in [-0.39, 0.29) is 62.1 Å². The highest BCUT2D eigenvalue weighted by Crippen LogP contribution is 2.38. The highest BCUT2D eigenvalue weighted by molar-refractivity contribution is 6.32. The number of aliphatic carboxylic acids is 1. The number of carboxylic acid groups (broad SMARTS) is 1. The van der Waals surface area contributed by atoms with Crippen LogP contribution in [0.1, 0.15) is 60.8 Å². The van der Waals surface area contributed by atoms with Crippen LogP contribution < -0.4 is 14.8 Å². The first-order valence-electron chi connectivity index (χ1n) is 17.2. The molecule has 2 heterocycles. The minimum atomic E-state index is -0.933. The Balaban J connectivity index is 1.22. The van der Waals surface area contributed by atoms with Crippen molar-refractivity contribution < 1.29 is 33.4 Å². The number of ether oxygens (including phenoxy) is 2. The first-order chi connectivity index (χ1) is 24.1. The molecule has 2 fully saturated rings. The van der Waals surface area contributed by atoms with E-state index in [1.165, 1.54) is 6.07 Å². The molecule has 3 aliphatic rings. The van der Waals surface area contributed by atoms with Crippen LogP contribution in [0.5, 0.6) is 11.5 Å². The number of hydrogen-bond donors (Lipinski definition) is 2. The fourth-order valence-corrected chi connectivity index (χ4v) is 7.04. The Labute approximate surface area is 297 Å². The molecule has 1 saturated carbocycles. The van der Waals surface area contributed by atoms with Crippen molar-refractivity contribution in [2.75, 3.05) is 26.3 Å². The molecule has 264 valence electrons. The van der Waals surface area contributed by atoms with Gasteiger partial charge in [0.05, 0.1) is 11.1 Å². The predicted molar refractivity (Wildman–Crippen MR) is 189 cm³/mol. The van der Waals surface area contributed by atoms with Gasteiger partial charge in [-0.3, -0.25) is 14.4 Å². The van der Waals surface area contributed by atoms with Crippen molar-refractivity contribution in [3.8, 4) is 11.5 Å². The lowest BCUT2D eigenvalue weighted by Crippen LogP contribution is -2.62. The summed E-state index contributed by atoms with van der Waals surface area (Å²) in [6, 6.07) is 17.5. The molecular formula is C39H43ClFN3O6. The summed E-state index contributed by atoms with van der Waals surface area (Å²) < 4.78 is 26.6. The molecule has 0 spiro atoms. The fraction of sp³-hybridized carbons (Fsp3) is 0.410. The molecule has 2 N–H and O–H groups in total. The zero-order chi connectivity index (χ0) is 35.4. The number of nitrogens with zero attached hydrogens (tertiary/aromatic N) is 2. The SMILES string of the molecule is Cc1cc(Cl)c(OCCOc2ccc(C3=C(C(=O)N(Cc4ccccc4F)C4CC4)[C@H]4CN(C(=O)CCCC(=O)O)C[C@@H](C3)N4)cc2)cc1C. The number of carboxylic acids is 1. The summed E-state index contributed by atoms with van der Waals surface area (Å²) in [7, 11) is 0. The summed E-state index contributed by atoms with van der Waals surface area (Å²) in [5.41, 5.74) is 5.02. The highest BCUT2D eigenvalue weighted by atomic mass is 35.5. The van der Waals surface area contributed by atoms with Gasteiger partial charge < -0.3 is 29.7 Å². The van der Waals surface area contributed by atoms with Gasteiger partial charge in [0.1, 0.15) is 30.5 Å². The number of benzene rings is 3. The first-order valence-corrected chi connectivity index (χ1v) is 17.6. The molecule has 2 atom stereocenters. The van der Waals surface area contributed by atoms with Gasteiger partial charge in [-0.2, -0.15) is 0 Å². The van der Waals surface area contributed by atoms with E-state index in [9.17, 15) is 18.8 Å². The molecule has 1 aliphatic carbocycles. The number of carbonyl (C=O) groups is 3. The van der Waals surface area contributed by atoms with Crippen LogP contribution in [0, 0.1) is 19.7 Å². The van der Waals surface area contributed by atoms with Crippen molar-refractivity contribution >= 4 is 35.0 Å². The summed E-state index contributed by atoms with van der Waals surface area (Å²) in [6.07, 6.45) is 2.54. The summed E-state index contributed by atoms with van der Waals surface area (Å²) >= 11 is 6.34. The van der Waals surface area contributed by atoms with Gasteiger partial charge in [0.2, 0.25) is 5.91 Å². The Morgan fingerprint density at radius 3 is 2.42 bits per heavy atom. The van der Waals surface area contributed by atoms with Gasteiger partial charge >= 0.3 is 5.97 Å². The number of nitrogens with one attached hydrogen (secondary N) is 1. The lowest BCUT2D eigenvalue weighted by molar-refractivity contribution is -0.138. The molecule has 2 aliphatic heterocycles. The van der Waals surface area contributed by atoms with Gasteiger partial charge in [-0.05, 0) is 92.1 Å². The largest absolute Gasteiger partial charge is 0.490 e. The van der Waals surface area contributed by atoms with E-state index in [0.717, 1.165) is 35.1 Å². The Morgan fingerprint density at radius 1 is 0.980 bits per heavy atom. The van der Waals surface area contributed by atoms with Gasteiger partial charge in [-0.15, -0.1) is 0 Å². The summed E-state index contributed by atoms with van der Waals surface area (Å²) in [5.74, 6) is -0.292. The third kappa shape index (κ3) is 8.47. The van der Waals surface area contributed by atoms with Crippen LogP contribution in [0.25, 0.3) is 5.57 Å². The first kappa shape index (κ1) is 35.4. The molecule has 50 heavy (non-hydrogen) atoms. The minimum absolute atomic E-state index is 0.0163. The molecule has 0 unspecified atom stereocenters. The van der Waals surface area contributed by atoms with Crippen LogP contribution >= 0.6 is 11.6 Å². The average molecular weight is 704 g/mol. The molecule has 0 aromatic heterocycles. The second-order valence-electron chi connectivity index (χ2n) is 13.4. The van der Waals surface area contributed by atoms with Crippen molar-refractivity contribution in [2.24, 2.45) is 0 Å². The maximum absolute atomic E-state index is 14.8. The van der Waals surface area contributed by atoms with Gasteiger partial charge in [0.15, 0.2) is 0 Å². The Kier molecular flexibility index (Phi) is 11.1. The molecule has 9 nitrogen and oxygen atoms in total. The Hall–Kier alpha value is -4.41. The van der Waals surface area contributed by atoms with Crippen LogP contribution in [-0.2, 0) is 20.9 Å². The van der Waals surface area contributed by atoms with Crippen molar-refractivity contribution in [3.05, 3.63) is 99.3 Å². The minimum Gasteiger partial charge on any atom is -0.490 e. The number of fused-ring (bicyclic) bond motifs is 2. The third-order valence-corrected chi connectivity index (χ3v) is 9.97. The van der Waals surface area contributed by atoms with E-state index in [2.05, 4.69) is 5.32 Å². The number of piperazine rings is 1. The van der Waals surface area contributed by atoms with E-state index in [1.807, 2.05) is 50.2 Å². The quantitative estimate of drug-likeness (QED) is 0.189. The van der Waals surface area contributed by atoms with E-state index in [4.69, 9.17) is 26.2 Å². The lowest BCUT2D eigenvalue weighted by atomic mass is 9.82.